The quantitative estimate of drug-likeness (QED) is 0.545. The lowest BCUT2D eigenvalue weighted by Crippen LogP contribution is -2.42. The Bertz CT molecular complexity index is 1170. The standard InChI is InChI=1S/C22H20N4O2/c1-25-11-9-15-13-16(5-8-19(15)25)26-20(23)18-10-12-28-22(18)24-21(26)14-3-6-17(27-2)7-4-14/h3-13,21,23-24H,1-2H3. The van der Waals surface area contributed by atoms with E-state index in [0.717, 1.165) is 33.5 Å². The number of fused-ring (bicyclic) bond motifs is 2. The number of aryl methyl sites for hydroxylation is 1. The average molecular weight is 372 g/mol. The van der Waals surface area contributed by atoms with E-state index < -0.39 is 0 Å². The maximum atomic E-state index is 8.85. The molecule has 1 aliphatic rings. The Morgan fingerprint density at radius 2 is 1.89 bits per heavy atom. The van der Waals surface area contributed by atoms with E-state index in [1.54, 1.807) is 13.4 Å². The lowest BCUT2D eigenvalue weighted by molar-refractivity contribution is 0.414. The van der Waals surface area contributed by atoms with Crippen molar-refractivity contribution in [2.75, 3.05) is 17.3 Å². The number of rotatable bonds is 3. The van der Waals surface area contributed by atoms with Gasteiger partial charge in [0.1, 0.15) is 17.8 Å². The summed E-state index contributed by atoms with van der Waals surface area (Å²) in [4.78, 5) is 1.99. The lowest BCUT2D eigenvalue weighted by Gasteiger charge is -2.38. The lowest BCUT2D eigenvalue weighted by atomic mass is 10.0. The molecule has 0 aliphatic carbocycles. The molecule has 140 valence electrons. The Morgan fingerprint density at radius 3 is 2.68 bits per heavy atom. The van der Waals surface area contributed by atoms with Crippen LogP contribution in [0, 0.1) is 5.41 Å². The van der Waals surface area contributed by atoms with Gasteiger partial charge in [0.05, 0.1) is 18.9 Å². The van der Waals surface area contributed by atoms with Crippen molar-refractivity contribution in [2.45, 2.75) is 6.17 Å². The predicted molar refractivity (Wildman–Crippen MR) is 110 cm³/mol. The first-order valence-electron chi connectivity index (χ1n) is 9.07. The summed E-state index contributed by atoms with van der Waals surface area (Å²) in [6.07, 6.45) is 3.39. The number of amidine groups is 1. The topological polar surface area (TPSA) is 66.4 Å². The van der Waals surface area contributed by atoms with E-state index in [4.69, 9.17) is 14.6 Å². The Hall–Kier alpha value is -3.67. The van der Waals surface area contributed by atoms with Gasteiger partial charge in [0.25, 0.3) is 0 Å². The molecule has 1 unspecified atom stereocenters. The van der Waals surface area contributed by atoms with Crippen LogP contribution in [0.25, 0.3) is 10.9 Å². The third kappa shape index (κ3) is 2.45. The number of ether oxygens (including phenoxy) is 1. The second-order valence-electron chi connectivity index (χ2n) is 6.87. The van der Waals surface area contributed by atoms with Crippen LogP contribution in [0.2, 0.25) is 0 Å². The van der Waals surface area contributed by atoms with Crippen LogP contribution in [0.5, 0.6) is 5.75 Å². The molecular formula is C22H20N4O2. The highest BCUT2D eigenvalue weighted by Gasteiger charge is 2.33. The van der Waals surface area contributed by atoms with Crippen LogP contribution in [-0.2, 0) is 7.05 Å². The summed E-state index contributed by atoms with van der Waals surface area (Å²) < 4.78 is 13.0. The predicted octanol–water partition coefficient (Wildman–Crippen LogP) is 4.74. The van der Waals surface area contributed by atoms with E-state index in [-0.39, 0.29) is 6.17 Å². The van der Waals surface area contributed by atoms with Gasteiger partial charge >= 0.3 is 0 Å². The SMILES string of the molecule is COc1ccc(C2Nc3occc3C(=N)N2c2ccc3c(ccn3C)c2)cc1. The minimum Gasteiger partial charge on any atom is -0.497 e. The average Bonchev–Trinajstić information content (AvgIpc) is 3.35. The number of anilines is 2. The van der Waals surface area contributed by atoms with Crippen molar-refractivity contribution in [3.05, 3.63) is 78.2 Å². The fraction of sp³-hybridized carbons (Fsp3) is 0.136. The largest absolute Gasteiger partial charge is 0.497 e. The second-order valence-corrected chi connectivity index (χ2v) is 6.87. The van der Waals surface area contributed by atoms with E-state index in [1.807, 2.05) is 48.5 Å². The molecule has 28 heavy (non-hydrogen) atoms. The van der Waals surface area contributed by atoms with Gasteiger partial charge in [-0.15, -0.1) is 0 Å². The van der Waals surface area contributed by atoms with E-state index in [0.29, 0.717) is 11.7 Å². The van der Waals surface area contributed by atoms with Crippen molar-refractivity contribution in [2.24, 2.45) is 7.05 Å². The Balaban J connectivity index is 1.64. The molecular weight excluding hydrogens is 352 g/mol. The number of benzene rings is 2. The van der Waals surface area contributed by atoms with Gasteiger partial charge in [0.2, 0.25) is 5.88 Å². The summed E-state index contributed by atoms with van der Waals surface area (Å²) in [6, 6.07) is 18.0. The summed E-state index contributed by atoms with van der Waals surface area (Å²) in [5.74, 6) is 1.81. The maximum absolute atomic E-state index is 8.85. The maximum Gasteiger partial charge on any atom is 0.205 e. The number of hydrogen-bond donors (Lipinski definition) is 2. The van der Waals surface area contributed by atoms with Crippen molar-refractivity contribution in [1.82, 2.24) is 4.57 Å². The molecule has 2 N–H and O–H groups in total. The zero-order valence-electron chi connectivity index (χ0n) is 15.6. The molecule has 0 fully saturated rings. The van der Waals surface area contributed by atoms with Gasteiger partial charge in [-0.05, 0) is 48.0 Å². The fourth-order valence-electron chi connectivity index (χ4n) is 3.77. The minimum absolute atomic E-state index is 0.266. The third-order valence-electron chi connectivity index (χ3n) is 5.27. The minimum atomic E-state index is -0.266. The van der Waals surface area contributed by atoms with Crippen LogP contribution in [-0.4, -0.2) is 17.5 Å². The van der Waals surface area contributed by atoms with Gasteiger partial charge in [-0.3, -0.25) is 5.41 Å². The van der Waals surface area contributed by atoms with Crippen LogP contribution < -0.4 is 15.0 Å². The number of nitrogens with zero attached hydrogens (tertiary/aromatic N) is 2. The molecule has 5 rings (SSSR count). The summed E-state index contributed by atoms with van der Waals surface area (Å²) in [7, 11) is 3.68. The highest BCUT2D eigenvalue weighted by atomic mass is 16.5. The molecule has 6 nitrogen and oxygen atoms in total. The highest BCUT2D eigenvalue weighted by molar-refractivity contribution is 6.13. The molecule has 0 saturated heterocycles. The Morgan fingerprint density at radius 1 is 1.07 bits per heavy atom. The molecule has 2 aromatic heterocycles. The molecule has 1 atom stereocenters. The van der Waals surface area contributed by atoms with Gasteiger partial charge in [-0.1, -0.05) is 12.1 Å². The molecule has 0 saturated carbocycles. The Labute approximate surface area is 162 Å². The molecule has 4 aromatic rings. The van der Waals surface area contributed by atoms with Crippen LogP contribution in [0.4, 0.5) is 11.6 Å². The van der Waals surface area contributed by atoms with Gasteiger partial charge in [-0.2, -0.15) is 0 Å². The van der Waals surface area contributed by atoms with E-state index in [2.05, 4.69) is 34.1 Å². The first kappa shape index (κ1) is 16.5. The van der Waals surface area contributed by atoms with Gasteiger partial charge < -0.3 is 23.9 Å². The molecule has 0 spiro atoms. The molecule has 2 aromatic carbocycles. The smallest absolute Gasteiger partial charge is 0.205 e. The van der Waals surface area contributed by atoms with E-state index in [9.17, 15) is 0 Å². The summed E-state index contributed by atoms with van der Waals surface area (Å²) >= 11 is 0. The van der Waals surface area contributed by atoms with Gasteiger partial charge in [-0.25, -0.2) is 0 Å². The van der Waals surface area contributed by atoms with Gasteiger partial charge in [0.15, 0.2) is 0 Å². The summed E-state index contributed by atoms with van der Waals surface area (Å²) in [6.45, 7) is 0. The number of hydrogen-bond acceptors (Lipinski definition) is 4. The van der Waals surface area contributed by atoms with E-state index in [1.165, 1.54) is 0 Å². The van der Waals surface area contributed by atoms with Crippen molar-refractivity contribution in [1.29, 1.82) is 5.41 Å². The Kier molecular flexibility index (Phi) is 3.65. The van der Waals surface area contributed by atoms with Crippen molar-refractivity contribution in [3.8, 4) is 5.75 Å². The van der Waals surface area contributed by atoms with Gasteiger partial charge in [0, 0.05) is 29.8 Å². The molecule has 1 aliphatic heterocycles. The zero-order valence-corrected chi connectivity index (χ0v) is 15.6. The molecule has 6 heteroatoms. The summed E-state index contributed by atoms with van der Waals surface area (Å²) in [5.41, 5.74) is 3.87. The highest BCUT2D eigenvalue weighted by Crippen LogP contribution is 2.38. The van der Waals surface area contributed by atoms with Crippen LogP contribution >= 0.6 is 0 Å². The van der Waals surface area contributed by atoms with Crippen LogP contribution in [0.3, 0.4) is 0 Å². The first-order valence-corrected chi connectivity index (χ1v) is 9.07. The second kappa shape index (κ2) is 6.20. The van der Waals surface area contributed by atoms with Crippen LogP contribution in [0.15, 0.2) is 71.5 Å². The van der Waals surface area contributed by atoms with Crippen LogP contribution in [0.1, 0.15) is 17.3 Å². The number of nitrogens with one attached hydrogen (secondary N) is 2. The molecule has 0 radical (unpaired) electrons. The molecule has 3 heterocycles. The van der Waals surface area contributed by atoms with Crippen molar-refractivity contribution in [3.63, 3.8) is 0 Å². The first-order chi connectivity index (χ1) is 13.7. The third-order valence-corrected chi connectivity index (χ3v) is 5.27. The number of furan rings is 1. The molecule has 0 bridgehead atoms. The monoisotopic (exact) mass is 372 g/mol. The molecule has 0 amide bonds. The fourth-order valence-corrected chi connectivity index (χ4v) is 3.77. The van der Waals surface area contributed by atoms with Crippen molar-refractivity contribution < 1.29 is 9.15 Å². The van der Waals surface area contributed by atoms with E-state index >= 15 is 0 Å². The number of methoxy groups -OCH3 is 1. The summed E-state index contributed by atoms with van der Waals surface area (Å²) in [5, 5.41) is 13.4. The zero-order chi connectivity index (χ0) is 19.3. The number of aromatic nitrogens is 1. The normalized spacial score (nSPS) is 16.1. The van der Waals surface area contributed by atoms with Crippen molar-refractivity contribution >= 4 is 28.3 Å².